The van der Waals surface area contributed by atoms with Crippen LogP contribution in [-0.2, 0) is 10.0 Å². The Bertz CT molecular complexity index is 475. The standard InChI is InChI=1S/C13H22N2O3S/c1-3-9-14-10-11-19(16,17)15-12-7-5-6-8-13(12)18-4-2/h5-8,14-15H,3-4,9-11H2,1-2H3. The van der Waals surface area contributed by atoms with Gasteiger partial charge in [-0.1, -0.05) is 19.1 Å². The lowest BCUT2D eigenvalue weighted by Crippen LogP contribution is -2.27. The van der Waals surface area contributed by atoms with Crippen LogP contribution in [-0.4, -0.2) is 33.9 Å². The summed E-state index contributed by atoms with van der Waals surface area (Å²) in [5, 5.41) is 3.07. The van der Waals surface area contributed by atoms with E-state index in [4.69, 9.17) is 4.74 Å². The molecule has 0 saturated heterocycles. The molecule has 0 unspecified atom stereocenters. The van der Waals surface area contributed by atoms with E-state index >= 15 is 0 Å². The summed E-state index contributed by atoms with van der Waals surface area (Å²) in [6, 6.07) is 7.03. The molecule has 0 aliphatic carbocycles. The molecule has 0 radical (unpaired) electrons. The van der Waals surface area contributed by atoms with Gasteiger partial charge in [0.1, 0.15) is 5.75 Å². The maximum absolute atomic E-state index is 11.9. The highest BCUT2D eigenvalue weighted by atomic mass is 32.2. The number of rotatable bonds is 9. The molecule has 0 saturated carbocycles. The fourth-order valence-electron chi connectivity index (χ4n) is 1.56. The molecule has 108 valence electrons. The third-order valence-electron chi connectivity index (χ3n) is 2.43. The van der Waals surface area contributed by atoms with Gasteiger partial charge in [-0.2, -0.15) is 0 Å². The lowest BCUT2D eigenvalue weighted by atomic mass is 10.3. The van der Waals surface area contributed by atoms with Gasteiger partial charge in [-0.15, -0.1) is 0 Å². The van der Waals surface area contributed by atoms with Gasteiger partial charge in [-0.05, 0) is 32.0 Å². The van der Waals surface area contributed by atoms with Gasteiger partial charge in [0, 0.05) is 6.54 Å². The zero-order chi connectivity index (χ0) is 14.1. The van der Waals surface area contributed by atoms with Crippen LogP contribution in [0.2, 0.25) is 0 Å². The van der Waals surface area contributed by atoms with Crippen molar-refractivity contribution in [1.29, 1.82) is 0 Å². The lowest BCUT2D eigenvalue weighted by Gasteiger charge is -2.12. The van der Waals surface area contributed by atoms with Crippen molar-refractivity contribution in [1.82, 2.24) is 5.32 Å². The Hall–Kier alpha value is -1.27. The van der Waals surface area contributed by atoms with Crippen molar-refractivity contribution in [2.24, 2.45) is 0 Å². The van der Waals surface area contributed by atoms with Crippen molar-refractivity contribution in [3.8, 4) is 5.75 Å². The summed E-state index contributed by atoms with van der Waals surface area (Å²) >= 11 is 0. The van der Waals surface area contributed by atoms with Crippen molar-refractivity contribution in [2.75, 3.05) is 30.2 Å². The number of benzene rings is 1. The van der Waals surface area contributed by atoms with Crippen LogP contribution in [0.4, 0.5) is 5.69 Å². The van der Waals surface area contributed by atoms with Crippen LogP contribution in [0.15, 0.2) is 24.3 Å². The van der Waals surface area contributed by atoms with Crippen LogP contribution >= 0.6 is 0 Å². The molecule has 6 heteroatoms. The van der Waals surface area contributed by atoms with Crippen molar-refractivity contribution in [3.63, 3.8) is 0 Å². The van der Waals surface area contributed by atoms with E-state index in [1.165, 1.54) is 0 Å². The number of sulfonamides is 1. The van der Waals surface area contributed by atoms with Gasteiger partial charge < -0.3 is 10.1 Å². The van der Waals surface area contributed by atoms with Crippen molar-refractivity contribution in [2.45, 2.75) is 20.3 Å². The number of para-hydroxylation sites is 2. The summed E-state index contributed by atoms with van der Waals surface area (Å²) in [6.45, 7) is 5.67. The van der Waals surface area contributed by atoms with Crippen molar-refractivity contribution in [3.05, 3.63) is 24.3 Å². The molecule has 1 aromatic carbocycles. The highest BCUT2D eigenvalue weighted by molar-refractivity contribution is 7.92. The van der Waals surface area contributed by atoms with Gasteiger partial charge >= 0.3 is 0 Å². The summed E-state index contributed by atoms with van der Waals surface area (Å²) in [4.78, 5) is 0. The third-order valence-corrected chi connectivity index (χ3v) is 3.70. The largest absolute Gasteiger partial charge is 0.492 e. The van der Waals surface area contributed by atoms with Crippen LogP contribution < -0.4 is 14.8 Å². The fraction of sp³-hybridized carbons (Fsp3) is 0.538. The van der Waals surface area contributed by atoms with E-state index < -0.39 is 10.0 Å². The summed E-state index contributed by atoms with van der Waals surface area (Å²) in [5.74, 6) is 0.600. The Kier molecular flexibility index (Phi) is 6.66. The van der Waals surface area contributed by atoms with Crippen LogP contribution in [0, 0.1) is 0 Å². The predicted octanol–water partition coefficient (Wildman–Crippen LogP) is 1.83. The highest BCUT2D eigenvalue weighted by Crippen LogP contribution is 2.24. The molecule has 0 aliphatic heterocycles. The van der Waals surface area contributed by atoms with Crippen LogP contribution in [0.25, 0.3) is 0 Å². The molecule has 0 bridgehead atoms. The molecule has 0 amide bonds. The van der Waals surface area contributed by atoms with Crippen LogP contribution in [0.5, 0.6) is 5.75 Å². The molecule has 0 spiro atoms. The first-order chi connectivity index (χ1) is 9.09. The monoisotopic (exact) mass is 286 g/mol. The maximum atomic E-state index is 11.9. The minimum atomic E-state index is -3.35. The first-order valence-electron chi connectivity index (χ1n) is 6.52. The SMILES string of the molecule is CCCNCCS(=O)(=O)Nc1ccccc1OCC. The van der Waals surface area contributed by atoms with Gasteiger partial charge in [0.2, 0.25) is 10.0 Å². The van der Waals surface area contributed by atoms with Gasteiger partial charge in [-0.3, -0.25) is 4.72 Å². The topological polar surface area (TPSA) is 67.4 Å². The van der Waals surface area contributed by atoms with Crippen LogP contribution in [0.1, 0.15) is 20.3 Å². The van der Waals surface area contributed by atoms with E-state index in [0.29, 0.717) is 24.6 Å². The average Bonchev–Trinajstić information content (AvgIpc) is 2.37. The van der Waals surface area contributed by atoms with Crippen LogP contribution in [0.3, 0.4) is 0 Å². The van der Waals surface area contributed by atoms with Crippen molar-refractivity contribution >= 4 is 15.7 Å². The number of nitrogens with one attached hydrogen (secondary N) is 2. The minimum absolute atomic E-state index is 0.0491. The molecular formula is C13H22N2O3S. The molecule has 2 N–H and O–H groups in total. The molecule has 0 atom stereocenters. The molecule has 0 fully saturated rings. The summed E-state index contributed by atoms with van der Waals surface area (Å²) in [5.41, 5.74) is 0.486. The van der Waals surface area contributed by atoms with Crippen molar-refractivity contribution < 1.29 is 13.2 Å². The Morgan fingerprint density at radius 3 is 2.58 bits per heavy atom. The molecule has 1 rings (SSSR count). The third kappa shape index (κ3) is 5.94. The van der Waals surface area contributed by atoms with Gasteiger partial charge in [-0.25, -0.2) is 8.42 Å². The Morgan fingerprint density at radius 2 is 1.89 bits per heavy atom. The lowest BCUT2D eigenvalue weighted by molar-refractivity contribution is 0.342. The Morgan fingerprint density at radius 1 is 1.16 bits per heavy atom. The zero-order valence-corrected chi connectivity index (χ0v) is 12.3. The molecule has 19 heavy (non-hydrogen) atoms. The number of hydrogen-bond donors (Lipinski definition) is 2. The van der Waals surface area contributed by atoms with E-state index in [1.807, 2.05) is 19.9 Å². The molecule has 0 aliphatic rings. The van der Waals surface area contributed by atoms with E-state index in [0.717, 1.165) is 13.0 Å². The summed E-state index contributed by atoms with van der Waals surface area (Å²) in [6.07, 6.45) is 0.987. The second-order valence-electron chi connectivity index (χ2n) is 4.10. The van der Waals surface area contributed by atoms with E-state index in [-0.39, 0.29) is 5.75 Å². The first-order valence-corrected chi connectivity index (χ1v) is 8.17. The second-order valence-corrected chi connectivity index (χ2v) is 5.94. The van der Waals surface area contributed by atoms with Gasteiger partial charge in [0.05, 0.1) is 18.0 Å². The Balaban J connectivity index is 2.62. The molecule has 1 aromatic rings. The van der Waals surface area contributed by atoms with Gasteiger partial charge in [0.15, 0.2) is 0 Å². The Labute approximate surface area is 115 Å². The number of anilines is 1. The summed E-state index contributed by atoms with van der Waals surface area (Å²) in [7, 11) is -3.35. The highest BCUT2D eigenvalue weighted by Gasteiger charge is 2.12. The summed E-state index contributed by atoms with van der Waals surface area (Å²) < 4.78 is 31.8. The zero-order valence-electron chi connectivity index (χ0n) is 11.5. The minimum Gasteiger partial charge on any atom is -0.492 e. The average molecular weight is 286 g/mol. The second kappa shape index (κ2) is 8.01. The normalized spacial score (nSPS) is 11.3. The number of hydrogen-bond acceptors (Lipinski definition) is 4. The predicted molar refractivity (Wildman–Crippen MR) is 78.2 cm³/mol. The van der Waals surface area contributed by atoms with E-state index in [9.17, 15) is 8.42 Å². The first kappa shape index (κ1) is 15.8. The van der Waals surface area contributed by atoms with Gasteiger partial charge in [0.25, 0.3) is 0 Å². The smallest absolute Gasteiger partial charge is 0.234 e. The molecular weight excluding hydrogens is 264 g/mol. The maximum Gasteiger partial charge on any atom is 0.234 e. The van der Waals surface area contributed by atoms with E-state index in [1.54, 1.807) is 18.2 Å². The molecule has 0 heterocycles. The van der Waals surface area contributed by atoms with E-state index in [2.05, 4.69) is 10.0 Å². The molecule has 0 aromatic heterocycles. The molecule has 5 nitrogen and oxygen atoms in total. The fourth-order valence-corrected chi connectivity index (χ4v) is 2.58. The number of ether oxygens (including phenoxy) is 1. The quantitative estimate of drug-likeness (QED) is 0.680.